The molecule has 2 nitrogen and oxygen atoms in total. The summed E-state index contributed by atoms with van der Waals surface area (Å²) >= 11 is 0. The highest BCUT2D eigenvalue weighted by Crippen LogP contribution is 2.44. The maximum Gasteiger partial charge on any atom is 0.126 e. The fourth-order valence-corrected chi connectivity index (χ4v) is 3.91. The fourth-order valence-electron chi connectivity index (χ4n) is 3.91. The number of rotatable bonds is 3. The molecule has 0 heterocycles. The first-order valence-corrected chi connectivity index (χ1v) is 9.67. The lowest BCUT2D eigenvalue weighted by atomic mass is 9.77. The van der Waals surface area contributed by atoms with Crippen molar-refractivity contribution in [3.05, 3.63) is 52.6 Å². The van der Waals surface area contributed by atoms with Crippen molar-refractivity contribution in [1.82, 2.24) is 0 Å². The van der Waals surface area contributed by atoms with E-state index in [-0.39, 0.29) is 10.8 Å². The number of hydrogen-bond donors (Lipinski definition) is 0. The number of ether oxygens (including phenoxy) is 2. The molecule has 0 aromatic heterocycles. The van der Waals surface area contributed by atoms with Gasteiger partial charge in [-0.2, -0.15) is 0 Å². The standard InChI is InChI=1S/C25H32O2/c1-24(2,3)20-14-16(15-21(23(20)27-8)25(4,5)6)17-12-13-22(26-7)19-11-9-10-18(17)19/h9,11-15H,10H2,1-8H3. The van der Waals surface area contributed by atoms with E-state index in [0.717, 1.165) is 17.9 Å². The number of fused-ring (bicyclic) bond motifs is 1. The topological polar surface area (TPSA) is 18.5 Å². The predicted molar refractivity (Wildman–Crippen MR) is 115 cm³/mol. The van der Waals surface area contributed by atoms with Gasteiger partial charge in [-0.1, -0.05) is 59.8 Å². The lowest BCUT2D eigenvalue weighted by Gasteiger charge is -2.30. The zero-order valence-electron chi connectivity index (χ0n) is 18.0. The predicted octanol–water partition coefficient (Wildman–Crippen LogP) is 6.54. The molecule has 3 rings (SSSR count). The van der Waals surface area contributed by atoms with Gasteiger partial charge in [0.25, 0.3) is 0 Å². The summed E-state index contributed by atoms with van der Waals surface area (Å²) in [7, 11) is 3.53. The Kier molecular flexibility index (Phi) is 4.88. The number of hydrogen-bond acceptors (Lipinski definition) is 2. The molecule has 2 heteroatoms. The van der Waals surface area contributed by atoms with E-state index >= 15 is 0 Å². The van der Waals surface area contributed by atoms with Gasteiger partial charge in [0.05, 0.1) is 14.2 Å². The molecule has 2 aromatic rings. The Labute approximate surface area is 164 Å². The second-order valence-corrected chi connectivity index (χ2v) is 9.42. The highest BCUT2D eigenvalue weighted by molar-refractivity contribution is 5.80. The maximum atomic E-state index is 5.92. The van der Waals surface area contributed by atoms with Crippen molar-refractivity contribution in [2.24, 2.45) is 0 Å². The SMILES string of the molecule is COc1ccc(-c2cc(C(C)(C)C)c(OC)c(C(C)(C)C)c2)c2c1C=CC2. The van der Waals surface area contributed by atoms with Crippen LogP contribution in [0.3, 0.4) is 0 Å². The summed E-state index contributed by atoms with van der Waals surface area (Å²) in [5.41, 5.74) is 7.60. The van der Waals surface area contributed by atoms with Crippen molar-refractivity contribution in [1.29, 1.82) is 0 Å². The minimum absolute atomic E-state index is 0.00472. The monoisotopic (exact) mass is 364 g/mol. The van der Waals surface area contributed by atoms with Crippen LogP contribution in [0.4, 0.5) is 0 Å². The Morgan fingerprint density at radius 3 is 1.89 bits per heavy atom. The summed E-state index contributed by atoms with van der Waals surface area (Å²) in [6.45, 7) is 13.5. The van der Waals surface area contributed by atoms with Gasteiger partial charge in [0, 0.05) is 16.7 Å². The summed E-state index contributed by atoms with van der Waals surface area (Å²) in [4.78, 5) is 0. The molecule has 0 radical (unpaired) electrons. The largest absolute Gasteiger partial charge is 0.496 e. The van der Waals surface area contributed by atoms with Crippen molar-refractivity contribution < 1.29 is 9.47 Å². The molecule has 0 atom stereocenters. The first kappa shape index (κ1) is 19.5. The van der Waals surface area contributed by atoms with Crippen LogP contribution in [0.15, 0.2) is 30.3 Å². The van der Waals surface area contributed by atoms with E-state index in [4.69, 9.17) is 9.47 Å². The minimum Gasteiger partial charge on any atom is -0.496 e. The van der Waals surface area contributed by atoms with Gasteiger partial charge in [0.15, 0.2) is 0 Å². The highest BCUT2D eigenvalue weighted by atomic mass is 16.5. The molecule has 1 aliphatic carbocycles. The summed E-state index contributed by atoms with van der Waals surface area (Å²) in [6.07, 6.45) is 5.34. The molecule has 0 unspecified atom stereocenters. The molecule has 0 bridgehead atoms. The van der Waals surface area contributed by atoms with Crippen LogP contribution in [0.1, 0.15) is 63.8 Å². The van der Waals surface area contributed by atoms with Crippen LogP contribution in [0.25, 0.3) is 17.2 Å². The first-order valence-electron chi connectivity index (χ1n) is 9.67. The van der Waals surface area contributed by atoms with E-state index in [1.807, 2.05) is 0 Å². The van der Waals surface area contributed by atoms with Crippen LogP contribution in [-0.4, -0.2) is 14.2 Å². The maximum absolute atomic E-state index is 5.92. The average molecular weight is 365 g/mol. The van der Waals surface area contributed by atoms with Crippen molar-refractivity contribution in [3.63, 3.8) is 0 Å². The van der Waals surface area contributed by atoms with Crippen molar-refractivity contribution in [3.8, 4) is 22.6 Å². The molecule has 0 N–H and O–H groups in total. The lowest BCUT2D eigenvalue weighted by Crippen LogP contribution is -2.19. The quantitative estimate of drug-likeness (QED) is 0.616. The third kappa shape index (κ3) is 3.50. The van der Waals surface area contributed by atoms with Crippen molar-refractivity contribution in [2.75, 3.05) is 14.2 Å². The molecule has 0 spiro atoms. The van der Waals surface area contributed by atoms with E-state index in [2.05, 4.69) is 78.0 Å². The second kappa shape index (κ2) is 6.74. The van der Waals surface area contributed by atoms with Gasteiger partial charge >= 0.3 is 0 Å². The highest BCUT2D eigenvalue weighted by Gasteiger charge is 2.28. The van der Waals surface area contributed by atoms with Gasteiger partial charge in [-0.15, -0.1) is 0 Å². The third-order valence-electron chi connectivity index (χ3n) is 5.36. The van der Waals surface area contributed by atoms with Crippen LogP contribution in [0.2, 0.25) is 0 Å². The molecule has 0 fully saturated rings. The number of allylic oxidation sites excluding steroid dienone is 1. The van der Waals surface area contributed by atoms with E-state index in [9.17, 15) is 0 Å². The molecule has 0 aliphatic heterocycles. The summed E-state index contributed by atoms with van der Waals surface area (Å²) in [5.74, 6) is 1.96. The summed E-state index contributed by atoms with van der Waals surface area (Å²) < 4.78 is 11.5. The third-order valence-corrected chi connectivity index (χ3v) is 5.36. The Hall–Kier alpha value is -2.22. The lowest BCUT2D eigenvalue weighted by molar-refractivity contribution is 0.381. The van der Waals surface area contributed by atoms with Crippen LogP contribution in [-0.2, 0) is 17.3 Å². The van der Waals surface area contributed by atoms with Crippen LogP contribution < -0.4 is 9.47 Å². The van der Waals surface area contributed by atoms with Gasteiger partial charge in [0.1, 0.15) is 11.5 Å². The van der Waals surface area contributed by atoms with Crippen LogP contribution in [0, 0.1) is 0 Å². The molecule has 144 valence electrons. The normalized spacial score (nSPS) is 13.6. The Balaban J connectivity index is 2.31. The first-order chi connectivity index (χ1) is 12.6. The molecule has 0 amide bonds. The number of methoxy groups -OCH3 is 2. The number of benzene rings is 2. The minimum atomic E-state index is -0.00472. The van der Waals surface area contributed by atoms with E-state index < -0.39 is 0 Å². The second-order valence-electron chi connectivity index (χ2n) is 9.42. The fraction of sp³-hybridized carbons (Fsp3) is 0.440. The molecular weight excluding hydrogens is 332 g/mol. The van der Waals surface area contributed by atoms with Gasteiger partial charge in [-0.3, -0.25) is 0 Å². The van der Waals surface area contributed by atoms with Gasteiger partial charge in [-0.25, -0.2) is 0 Å². The van der Waals surface area contributed by atoms with Gasteiger partial charge in [-0.05, 0) is 52.1 Å². The summed E-state index contributed by atoms with van der Waals surface area (Å²) in [6, 6.07) is 8.91. The van der Waals surface area contributed by atoms with Crippen molar-refractivity contribution in [2.45, 2.75) is 58.8 Å². The van der Waals surface area contributed by atoms with Crippen molar-refractivity contribution >= 4 is 6.08 Å². The Bertz CT molecular complexity index is 855. The smallest absolute Gasteiger partial charge is 0.126 e. The zero-order valence-corrected chi connectivity index (χ0v) is 18.0. The van der Waals surface area contributed by atoms with Crippen LogP contribution in [0.5, 0.6) is 11.5 Å². The zero-order chi connectivity index (χ0) is 20.0. The Morgan fingerprint density at radius 1 is 0.815 bits per heavy atom. The van der Waals surface area contributed by atoms with Gasteiger partial charge < -0.3 is 9.47 Å². The Morgan fingerprint density at radius 2 is 1.41 bits per heavy atom. The molecule has 1 aliphatic rings. The molecular formula is C25H32O2. The van der Waals surface area contributed by atoms with E-state index in [1.165, 1.54) is 33.4 Å². The molecule has 0 saturated heterocycles. The van der Waals surface area contributed by atoms with E-state index in [1.54, 1.807) is 14.2 Å². The molecule has 2 aromatic carbocycles. The summed E-state index contributed by atoms with van der Waals surface area (Å²) in [5, 5.41) is 0. The molecule has 0 saturated carbocycles. The molecule has 27 heavy (non-hydrogen) atoms. The average Bonchev–Trinajstić information content (AvgIpc) is 3.08. The van der Waals surface area contributed by atoms with Gasteiger partial charge in [0.2, 0.25) is 0 Å². The van der Waals surface area contributed by atoms with Crippen LogP contribution >= 0.6 is 0 Å². The van der Waals surface area contributed by atoms with E-state index in [0.29, 0.717) is 0 Å².